The topological polar surface area (TPSA) is 84.9 Å². The Morgan fingerprint density at radius 3 is 2.23 bits per heavy atom. The molecule has 1 saturated heterocycles. The number of hydrogen-bond donors (Lipinski definition) is 1. The van der Waals surface area contributed by atoms with Crippen molar-refractivity contribution in [1.29, 1.82) is 0 Å². The van der Waals surface area contributed by atoms with Crippen LogP contribution in [0.15, 0.2) is 77.7 Å². The zero-order valence-electron chi connectivity index (χ0n) is 16.9. The van der Waals surface area contributed by atoms with Gasteiger partial charge in [0.1, 0.15) is 22.1 Å². The van der Waals surface area contributed by atoms with E-state index in [1.165, 1.54) is 19.2 Å². The number of benzene rings is 3. The second-order valence-electron chi connectivity index (χ2n) is 7.06. The maximum Gasteiger partial charge on any atom is 0.265 e. The first-order valence-corrected chi connectivity index (χ1v) is 11.3. The van der Waals surface area contributed by atoms with Crippen molar-refractivity contribution in [2.75, 3.05) is 24.9 Å². The van der Waals surface area contributed by atoms with E-state index in [-0.39, 0.29) is 16.6 Å². The molecule has 0 atom stereocenters. The molecular formula is C23H22N2O5S. The highest BCUT2D eigenvalue weighted by molar-refractivity contribution is 7.92. The Bertz CT molecular complexity index is 1170. The Hall–Kier alpha value is -3.52. The number of sulfonamides is 1. The van der Waals surface area contributed by atoms with Crippen molar-refractivity contribution < 1.29 is 22.7 Å². The number of nitrogens with zero attached hydrogens (tertiary/aromatic N) is 1. The van der Waals surface area contributed by atoms with Crippen molar-refractivity contribution in [1.82, 2.24) is 4.90 Å². The number of nitrogens with one attached hydrogen (secondary N) is 1. The molecule has 8 heteroatoms. The number of hydrogen-bond acceptors (Lipinski definition) is 5. The lowest BCUT2D eigenvalue weighted by atomic mass is 10.1. The first-order valence-electron chi connectivity index (χ1n) is 9.79. The summed E-state index contributed by atoms with van der Waals surface area (Å²) in [6.07, 6.45) is 0.957. The van der Waals surface area contributed by atoms with Gasteiger partial charge in [-0.25, -0.2) is 8.42 Å². The quantitative estimate of drug-likeness (QED) is 0.599. The smallest absolute Gasteiger partial charge is 0.265 e. The second-order valence-corrected chi connectivity index (χ2v) is 8.71. The highest BCUT2D eigenvalue weighted by Crippen LogP contribution is 2.29. The molecule has 0 radical (unpaired) electrons. The molecule has 0 aliphatic carbocycles. The van der Waals surface area contributed by atoms with Gasteiger partial charge in [0, 0.05) is 24.3 Å². The van der Waals surface area contributed by atoms with E-state index < -0.39 is 10.0 Å². The van der Waals surface area contributed by atoms with Gasteiger partial charge in [0.25, 0.3) is 15.9 Å². The molecule has 0 spiro atoms. The zero-order valence-corrected chi connectivity index (χ0v) is 17.8. The Labute approximate surface area is 181 Å². The predicted octanol–water partition coefficient (Wildman–Crippen LogP) is 4.13. The number of anilines is 1. The molecule has 0 saturated carbocycles. The van der Waals surface area contributed by atoms with Crippen LogP contribution in [-0.4, -0.2) is 39.4 Å². The molecule has 3 aromatic carbocycles. The van der Waals surface area contributed by atoms with Crippen LogP contribution in [0.4, 0.5) is 5.69 Å². The lowest BCUT2D eigenvalue weighted by Crippen LogP contribution is -2.42. The van der Waals surface area contributed by atoms with Crippen LogP contribution in [0.2, 0.25) is 0 Å². The first-order chi connectivity index (χ1) is 15.0. The van der Waals surface area contributed by atoms with Gasteiger partial charge in [-0.3, -0.25) is 9.52 Å². The maximum atomic E-state index is 13.0. The summed E-state index contributed by atoms with van der Waals surface area (Å²) in [6.45, 7) is 1.37. The number of likely N-dealkylation sites (tertiary alicyclic amines) is 1. The van der Waals surface area contributed by atoms with Crippen molar-refractivity contribution in [3.8, 4) is 17.2 Å². The standard InChI is InChI=1S/C23H22N2O5S/c1-29-21-13-8-17(23(26)25-14-5-15-25)16-22(21)31(27,28)24-18-9-11-20(12-10-18)30-19-6-3-2-4-7-19/h2-4,6-13,16,24H,5,14-15H2,1H3. The van der Waals surface area contributed by atoms with Crippen LogP contribution >= 0.6 is 0 Å². The second kappa shape index (κ2) is 8.69. The van der Waals surface area contributed by atoms with E-state index in [0.29, 0.717) is 35.8 Å². The van der Waals surface area contributed by atoms with E-state index in [2.05, 4.69) is 4.72 Å². The molecule has 1 N–H and O–H groups in total. The summed E-state index contributed by atoms with van der Waals surface area (Å²) in [4.78, 5) is 14.1. The third kappa shape index (κ3) is 4.64. The molecule has 0 aromatic heterocycles. The molecule has 31 heavy (non-hydrogen) atoms. The van der Waals surface area contributed by atoms with Crippen LogP contribution in [0, 0.1) is 0 Å². The molecule has 4 rings (SSSR count). The number of rotatable bonds is 7. The molecule has 1 heterocycles. The summed E-state index contributed by atoms with van der Waals surface area (Å²) in [5.41, 5.74) is 0.675. The zero-order chi connectivity index (χ0) is 21.8. The molecular weight excluding hydrogens is 416 g/mol. The van der Waals surface area contributed by atoms with Gasteiger partial charge < -0.3 is 14.4 Å². The van der Waals surface area contributed by atoms with Gasteiger partial charge in [-0.15, -0.1) is 0 Å². The van der Waals surface area contributed by atoms with Crippen molar-refractivity contribution in [2.45, 2.75) is 11.3 Å². The molecule has 1 fully saturated rings. The summed E-state index contributed by atoms with van der Waals surface area (Å²) in [5.74, 6) is 1.24. The Morgan fingerprint density at radius 2 is 1.61 bits per heavy atom. The molecule has 0 bridgehead atoms. The van der Waals surface area contributed by atoms with E-state index in [9.17, 15) is 13.2 Å². The van der Waals surface area contributed by atoms with Crippen molar-refractivity contribution in [3.05, 3.63) is 78.4 Å². The van der Waals surface area contributed by atoms with Crippen LogP contribution in [-0.2, 0) is 10.0 Å². The highest BCUT2D eigenvalue weighted by atomic mass is 32.2. The number of ether oxygens (including phenoxy) is 2. The van der Waals surface area contributed by atoms with Crippen molar-refractivity contribution in [2.24, 2.45) is 0 Å². The molecule has 1 aliphatic heterocycles. The third-order valence-electron chi connectivity index (χ3n) is 4.93. The maximum absolute atomic E-state index is 13.0. The number of methoxy groups -OCH3 is 1. The van der Waals surface area contributed by atoms with Crippen molar-refractivity contribution in [3.63, 3.8) is 0 Å². The summed E-state index contributed by atoms with van der Waals surface area (Å²) < 4.78 is 39.6. The molecule has 160 valence electrons. The fraction of sp³-hybridized carbons (Fsp3) is 0.174. The van der Waals surface area contributed by atoms with Gasteiger partial charge >= 0.3 is 0 Å². The molecule has 7 nitrogen and oxygen atoms in total. The minimum atomic E-state index is -3.98. The number of carbonyl (C=O) groups is 1. The van der Waals surface area contributed by atoms with E-state index >= 15 is 0 Å². The Morgan fingerprint density at radius 1 is 0.935 bits per heavy atom. The summed E-state index contributed by atoms with van der Waals surface area (Å²) >= 11 is 0. The Kier molecular flexibility index (Phi) is 5.81. The largest absolute Gasteiger partial charge is 0.495 e. The fourth-order valence-electron chi connectivity index (χ4n) is 3.15. The van der Waals surface area contributed by atoms with Gasteiger partial charge in [-0.2, -0.15) is 0 Å². The van der Waals surface area contributed by atoms with Crippen LogP contribution in [0.5, 0.6) is 17.2 Å². The molecule has 0 unspecified atom stereocenters. The summed E-state index contributed by atoms with van der Waals surface area (Å²) in [5, 5.41) is 0. The highest BCUT2D eigenvalue weighted by Gasteiger charge is 2.26. The van der Waals surface area contributed by atoms with E-state index in [1.54, 1.807) is 35.2 Å². The SMILES string of the molecule is COc1ccc(C(=O)N2CCC2)cc1S(=O)(=O)Nc1ccc(Oc2ccccc2)cc1. The summed E-state index contributed by atoms with van der Waals surface area (Å²) in [6, 6.07) is 20.3. The third-order valence-corrected chi connectivity index (χ3v) is 6.33. The molecule has 3 aromatic rings. The monoisotopic (exact) mass is 438 g/mol. The minimum absolute atomic E-state index is 0.0917. The summed E-state index contributed by atoms with van der Waals surface area (Å²) in [7, 11) is -2.59. The van der Waals surface area contributed by atoms with E-state index in [0.717, 1.165) is 6.42 Å². The van der Waals surface area contributed by atoms with Gasteiger partial charge in [0.05, 0.1) is 7.11 Å². The fourth-order valence-corrected chi connectivity index (χ4v) is 4.40. The van der Waals surface area contributed by atoms with Gasteiger partial charge in [-0.1, -0.05) is 18.2 Å². The van der Waals surface area contributed by atoms with E-state index in [4.69, 9.17) is 9.47 Å². The first kappa shape index (κ1) is 20.7. The van der Waals surface area contributed by atoms with Gasteiger partial charge in [0.15, 0.2) is 0 Å². The van der Waals surface area contributed by atoms with Crippen LogP contribution in [0.25, 0.3) is 0 Å². The average molecular weight is 439 g/mol. The lowest BCUT2D eigenvalue weighted by molar-refractivity contribution is 0.0651. The normalized spacial score (nSPS) is 13.3. The van der Waals surface area contributed by atoms with Crippen LogP contribution in [0.1, 0.15) is 16.8 Å². The Balaban J connectivity index is 1.54. The molecule has 1 aliphatic rings. The molecule has 1 amide bonds. The predicted molar refractivity (Wildman–Crippen MR) is 117 cm³/mol. The van der Waals surface area contributed by atoms with Gasteiger partial charge in [0.2, 0.25) is 0 Å². The van der Waals surface area contributed by atoms with Gasteiger partial charge in [-0.05, 0) is 61.0 Å². The lowest BCUT2D eigenvalue weighted by Gasteiger charge is -2.31. The van der Waals surface area contributed by atoms with Crippen LogP contribution in [0.3, 0.4) is 0 Å². The van der Waals surface area contributed by atoms with Crippen LogP contribution < -0.4 is 14.2 Å². The number of para-hydroxylation sites is 1. The van der Waals surface area contributed by atoms with E-state index in [1.807, 2.05) is 30.3 Å². The minimum Gasteiger partial charge on any atom is -0.495 e. The van der Waals surface area contributed by atoms with Crippen molar-refractivity contribution >= 4 is 21.6 Å². The number of carbonyl (C=O) groups excluding carboxylic acids is 1. The average Bonchev–Trinajstić information content (AvgIpc) is 2.74. The number of amides is 1.